The van der Waals surface area contributed by atoms with Crippen LogP contribution >= 0.6 is 0 Å². The van der Waals surface area contributed by atoms with E-state index >= 15 is 0 Å². The molecule has 2 fully saturated rings. The number of alkyl halides is 5. The highest BCUT2D eigenvalue weighted by molar-refractivity contribution is 5.94. The van der Waals surface area contributed by atoms with Gasteiger partial charge < -0.3 is 4.90 Å². The summed E-state index contributed by atoms with van der Waals surface area (Å²) in [4.78, 5) is 28.3. The van der Waals surface area contributed by atoms with Crippen molar-refractivity contribution in [1.29, 1.82) is 0 Å². The Kier molecular flexibility index (Phi) is 5.13. The Morgan fingerprint density at radius 1 is 1.03 bits per heavy atom. The average Bonchev–Trinajstić information content (AvgIpc) is 3.35. The van der Waals surface area contributed by atoms with Crippen molar-refractivity contribution < 1.29 is 26.7 Å². The van der Waals surface area contributed by atoms with E-state index < -0.39 is 24.8 Å². The van der Waals surface area contributed by atoms with E-state index in [2.05, 4.69) is 20.1 Å². The number of carbonyl (C=O) groups is 1. The van der Waals surface area contributed by atoms with Gasteiger partial charge in [-0.25, -0.2) is 28.4 Å². The van der Waals surface area contributed by atoms with E-state index in [9.17, 15) is 26.7 Å². The van der Waals surface area contributed by atoms with Crippen molar-refractivity contribution in [2.45, 2.75) is 25.6 Å². The van der Waals surface area contributed by atoms with Gasteiger partial charge in [0, 0.05) is 26.1 Å². The third-order valence-electron chi connectivity index (χ3n) is 6.00. The van der Waals surface area contributed by atoms with E-state index in [1.165, 1.54) is 29.4 Å². The minimum Gasteiger partial charge on any atom is -0.356 e. The number of piperidine rings is 1. The molecular weight excluding hydrogens is 449 g/mol. The van der Waals surface area contributed by atoms with Gasteiger partial charge in [0.2, 0.25) is 5.91 Å². The molecular formula is C20H18F5N7O. The number of halogens is 5. The molecule has 0 spiro atoms. The summed E-state index contributed by atoms with van der Waals surface area (Å²) in [6.07, 6.45) is -4.24. The van der Waals surface area contributed by atoms with Gasteiger partial charge >= 0.3 is 6.18 Å². The van der Waals surface area contributed by atoms with Crippen LogP contribution in [0.15, 0.2) is 30.6 Å². The van der Waals surface area contributed by atoms with Gasteiger partial charge in [-0.15, -0.1) is 0 Å². The van der Waals surface area contributed by atoms with E-state index in [0.717, 1.165) is 10.7 Å². The molecule has 174 valence electrons. The SMILES string of the molecule is O=C1CC2CN(c3cccc(C(F)(F)F)n3)CC2CN1c1cnc2cnn(CC(F)F)c2n1. The molecule has 5 heterocycles. The lowest BCUT2D eigenvalue weighted by Crippen LogP contribution is -2.44. The first kappa shape index (κ1) is 21.5. The van der Waals surface area contributed by atoms with Crippen molar-refractivity contribution in [3.05, 3.63) is 36.3 Å². The molecule has 2 atom stereocenters. The first-order chi connectivity index (χ1) is 15.7. The van der Waals surface area contributed by atoms with Gasteiger partial charge in [-0.1, -0.05) is 6.07 Å². The van der Waals surface area contributed by atoms with Crippen LogP contribution in [0, 0.1) is 11.8 Å². The van der Waals surface area contributed by atoms with Crippen molar-refractivity contribution in [3.63, 3.8) is 0 Å². The van der Waals surface area contributed by atoms with Gasteiger partial charge in [0.1, 0.15) is 23.6 Å². The fraction of sp³-hybridized carbons (Fsp3) is 0.450. The minimum atomic E-state index is -4.54. The van der Waals surface area contributed by atoms with Crippen LogP contribution in [0.3, 0.4) is 0 Å². The van der Waals surface area contributed by atoms with Gasteiger partial charge in [-0.3, -0.25) is 9.69 Å². The fourth-order valence-corrected chi connectivity index (χ4v) is 4.45. The largest absolute Gasteiger partial charge is 0.433 e. The molecule has 0 bridgehead atoms. The lowest BCUT2D eigenvalue weighted by atomic mass is 9.88. The summed E-state index contributed by atoms with van der Waals surface area (Å²) in [7, 11) is 0. The molecule has 8 nitrogen and oxygen atoms in total. The monoisotopic (exact) mass is 467 g/mol. The molecule has 3 aromatic rings. The number of carbonyl (C=O) groups excluding carboxylic acids is 1. The molecule has 0 radical (unpaired) electrons. The summed E-state index contributed by atoms with van der Waals surface area (Å²) in [5, 5.41) is 3.88. The molecule has 0 N–H and O–H groups in total. The zero-order chi connectivity index (χ0) is 23.3. The third kappa shape index (κ3) is 4.07. The summed E-state index contributed by atoms with van der Waals surface area (Å²) < 4.78 is 65.8. The maximum atomic E-state index is 13.0. The molecule has 33 heavy (non-hydrogen) atoms. The molecule has 1 amide bonds. The molecule has 5 rings (SSSR count). The zero-order valence-electron chi connectivity index (χ0n) is 17.1. The lowest BCUT2D eigenvalue weighted by molar-refractivity contribution is -0.141. The fourth-order valence-electron chi connectivity index (χ4n) is 4.45. The number of hydrogen-bond acceptors (Lipinski definition) is 6. The molecule has 0 saturated carbocycles. The molecule has 2 unspecified atom stereocenters. The van der Waals surface area contributed by atoms with Gasteiger partial charge in [0.05, 0.1) is 12.4 Å². The molecule has 2 aliphatic heterocycles. The Morgan fingerprint density at radius 2 is 1.82 bits per heavy atom. The van der Waals surface area contributed by atoms with E-state index in [0.29, 0.717) is 25.2 Å². The highest BCUT2D eigenvalue weighted by Crippen LogP contribution is 2.36. The molecule has 0 aromatic carbocycles. The average molecular weight is 467 g/mol. The topological polar surface area (TPSA) is 80.0 Å². The van der Waals surface area contributed by atoms with Gasteiger partial charge in [-0.2, -0.15) is 18.3 Å². The maximum absolute atomic E-state index is 13.0. The van der Waals surface area contributed by atoms with E-state index in [4.69, 9.17) is 0 Å². The predicted octanol–water partition coefficient (Wildman–Crippen LogP) is 2.99. The molecule has 0 aliphatic carbocycles. The summed E-state index contributed by atoms with van der Waals surface area (Å²) in [5.74, 6) is 0.199. The molecule has 13 heteroatoms. The third-order valence-corrected chi connectivity index (χ3v) is 6.00. The van der Waals surface area contributed by atoms with E-state index in [1.807, 2.05) is 0 Å². The number of pyridine rings is 1. The Balaban J connectivity index is 1.36. The first-order valence-corrected chi connectivity index (χ1v) is 10.3. The Labute approximate surface area is 184 Å². The number of aromatic nitrogens is 5. The summed E-state index contributed by atoms with van der Waals surface area (Å²) in [5.41, 5.74) is -0.468. The van der Waals surface area contributed by atoms with Crippen LogP contribution in [0.1, 0.15) is 12.1 Å². The second-order valence-corrected chi connectivity index (χ2v) is 8.17. The van der Waals surface area contributed by atoms with Crippen LogP contribution < -0.4 is 9.80 Å². The van der Waals surface area contributed by atoms with Crippen molar-refractivity contribution in [1.82, 2.24) is 24.7 Å². The number of nitrogens with zero attached hydrogens (tertiary/aromatic N) is 7. The normalized spacial score (nSPS) is 21.3. The van der Waals surface area contributed by atoms with Gasteiger partial charge in [0.25, 0.3) is 6.43 Å². The standard InChI is InChI=1S/C20H18F5N7O/c21-15(22)10-32-19-13(5-27-32)26-6-17(29-19)31-9-12-8-30(7-11(12)4-18(31)33)16-3-1-2-14(28-16)20(23,24)25/h1-3,5-6,11-12,15H,4,7-10H2. The highest BCUT2D eigenvalue weighted by Gasteiger charge is 2.42. The minimum absolute atomic E-state index is 0.0116. The van der Waals surface area contributed by atoms with Crippen LogP contribution in [0.5, 0.6) is 0 Å². The van der Waals surface area contributed by atoms with Gasteiger partial charge in [-0.05, 0) is 24.0 Å². The molecule has 3 aromatic heterocycles. The predicted molar refractivity (Wildman–Crippen MR) is 107 cm³/mol. The number of amides is 1. The molecule has 2 saturated heterocycles. The Hall–Kier alpha value is -3.38. The number of rotatable bonds is 4. The second kappa shape index (κ2) is 7.89. The maximum Gasteiger partial charge on any atom is 0.433 e. The molecule has 2 aliphatic rings. The van der Waals surface area contributed by atoms with Crippen molar-refractivity contribution in [2.24, 2.45) is 11.8 Å². The van der Waals surface area contributed by atoms with Gasteiger partial charge in [0.15, 0.2) is 11.5 Å². The first-order valence-electron chi connectivity index (χ1n) is 10.3. The van der Waals surface area contributed by atoms with Crippen LogP contribution in [-0.4, -0.2) is 56.7 Å². The van der Waals surface area contributed by atoms with Crippen molar-refractivity contribution in [2.75, 3.05) is 29.4 Å². The van der Waals surface area contributed by atoms with E-state index in [1.54, 1.807) is 4.90 Å². The Bertz CT molecular complexity index is 1200. The van der Waals surface area contributed by atoms with Crippen LogP contribution in [0.2, 0.25) is 0 Å². The number of hydrogen-bond donors (Lipinski definition) is 0. The van der Waals surface area contributed by atoms with Crippen molar-refractivity contribution >= 4 is 28.7 Å². The number of anilines is 2. The quantitative estimate of drug-likeness (QED) is 0.549. The summed E-state index contributed by atoms with van der Waals surface area (Å²) in [6.45, 7) is 0.507. The van der Waals surface area contributed by atoms with Crippen LogP contribution in [-0.2, 0) is 17.5 Å². The summed E-state index contributed by atoms with van der Waals surface area (Å²) in [6, 6.07) is 3.76. The van der Waals surface area contributed by atoms with Crippen LogP contribution in [0.25, 0.3) is 11.2 Å². The second-order valence-electron chi connectivity index (χ2n) is 8.17. The summed E-state index contributed by atoms with van der Waals surface area (Å²) >= 11 is 0. The van der Waals surface area contributed by atoms with Crippen molar-refractivity contribution in [3.8, 4) is 0 Å². The smallest absolute Gasteiger partial charge is 0.356 e. The Morgan fingerprint density at radius 3 is 2.58 bits per heavy atom. The van der Waals surface area contributed by atoms with E-state index in [-0.39, 0.29) is 41.4 Å². The lowest BCUT2D eigenvalue weighted by Gasteiger charge is -2.32. The zero-order valence-corrected chi connectivity index (χ0v) is 17.1. The highest BCUT2D eigenvalue weighted by atomic mass is 19.4. The number of fused-ring (bicyclic) bond motifs is 2. The van der Waals surface area contributed by atoms with Crippen LogP contribution in [0.4, 0.5) is 33.6 Å².